The molecule has 0 aromatic carbocycles. The summed E-state index contributed by atoms with van der Waals surface area (Å²) in [5, 5.41) is 10.6. The number of carbonyl (C=O) groups excluding carboxylic acids is 4. The van der Waals surface area contributed by atoms with E-state index >= 15 is 0 Å². The number of phosphoric acid groups is 2. The molecule has 3 unspecified atom stereocenters. The Balaban J connectivity index is 5.19. The average Bonchev–Trinajstić information content (AvgIpc) is 1.36. The number of aliphatic hydroxyl groups excluding tert-OH is 1. The Hall–Kier alpha value is -1.94. The van der Waals surface area contributed by atoms with Crippen molar-refractivity contribution in [2.45, 2.75) is 413 Å². The maximum absolute atomic E-state index is 13.1. The van der Waals surface area contributed by atoms with Crippen molar-refractivity contribution in [2.75, 3.05) is 39.6 Å². The Morgan fingerprint density at radius 3 is 0.800 bits per heavy atom. The van der Waals surface area contributed by atoms with Crippen molar-refractivity contribution in [1.29, 1.82) is 0 Å². The van der Waals surface area contributed by atoms with E-state index in [9.17, 15) is 43.2 Å². The van der Waals surface area contributed by atoms with E-state index in [2.05, 4.69) is 41.5 Å². The van der Waals surface area contributed by atoms with E-state index in [4.69, 9.17) is 37.0 Å². The summed E-state index contributed by atoms with van der Waals surface area (Å²) < 4.78 is 68.5. The highest BCUT2D eigenvalue weighted by Crippen LogP contribution is 2.45. The van der Waals surface area contributed by atoms with Crippen LogP contribution in [-0.2, 0) is 65.4 Å². The zero-order chi connectivity index (χ0) is 70.0. The van der Waals surface area contributed by atoms with E-state index in [0.717, 1.165) is 108 Å². The van der Waals surface area contributed by atoms with E-state index in [0.29, 0.717) is 25.7 Å². The van der Waals surface area contributed by atoms with Crippen LogP contribution < -0.4 is 0 Å². The van der Waals surface area contributed by atoms with Gasteiger partial charge in [0.15, 0.2) is 12.2 Å². The molecule has 0 saturated heterocycles. The molecule has 19 heteroatoms. The van der Waals surface area contributed by atoms with Crippen LogP contribution in [0.2, 0.25) is 0 Å². The maximum Gasteiger partial charge on any atom is 0.472 e. The van der Waals surface area contributed by atoms with Gasteiger partial charge in [-0.15, -0.1) is 0 Å². The fourth-order valence-corrected chi connectivity index (χ4v) is 13.2. The first kappa shape index (κ1) is 93.1. The number of phosphoric ester groups is 2. The first-order valence-corrected chi connectivity index (χ1v) is 42.5. The number of aliphatic hydroxyl groups is 1. The predicted octanol–water partition coefficient (Wildman–Crippen LogP) is 22.3. The van der Waals surface area contributed by atoms with Crippen LogP contribution in [0.5, 0.6) is 0 Å². The largest absolute Gasteiger partial charge is 0.472 e. The molecule has 0 saturated carbocycles. The fourth-order valence-electron chi connectivity index (χ4n) is 11.6. The number of hydrogen-bond acceptors (Lipinski definition) is 15. The van der Waals surface area contributed by atoms with Crippen molar-refractivity contribution in [3.05, 3.63) is 0 Å². The van der Waals surface area contributed by atoms with Crippen LogP contribution in [0, 0.1) is 11.8 Å². The van der Waals surface area contributed by atoms with Crippen LogP contribution in [-0.4, -0.2) is 96.7 Å². The number of carbonyl (C=O) groups is 4. The van der Waals surface area contributed by atoms with E-state index in [-0.39, 0.29) is 25.7 Å². The minimum absolute atomic E-state index is 0.107. The molecule has 6 atom stereocenters. The summed E-state index contributed by atoms with van der Waals surface area (Å²) in [5.74, 6) is -0.564. The summed E-state index contributed by atoms with van der Waals surface area (Å²) in [5.41, 5.74) is 0. The molecule has 95 heavy (non-hydrogen) atoms. The lowest BCUT2D eigenvalue weighted by Gasteiger charge is -2.21. The zero-order valence-electron chi connectivity index (χ0n) is 62.0. The lowest BCUT2D eigenvalue weighted by molar-refractivity contribution is -0.161. The third kappa shape index (κ3) is 69.0. The van der Waals surface area contributed by atoms with Gasteiger partial charge in [0.1, 0.15) is 19.3 Å². The van der Waals surface area contributed by atoms with E-state index in [1.54, 1.807) is 0 Å². The fraction of sp³-hybridized carbons (Fsp3) is 0.947. The molecule has 0 heterocycles. The van der Waals surface area contributed by atoms with Crippen molar-refractivity contribution in [1.82, 2.24) is 0 Å². The summed E-state index contributed by atoms with van der Waals surface area (Å²) >= 11 is 0. The van der Waals surface area contributed by atoms with Gasteiger partial charge in [-0.2, -0.15) is 0 Å². The molecule has 0 bridgehead atoms. The van der Waals surface area contributed by atoms with Gasteiger partial charge >= 0.3 is 39.5 Å². The Morgan fingerprint density at radius 1 is 0.305 bits per heavy atom. The second kappa shape index (κ2) is 67.9. The number of rotatable bonds is 75. The quantitative estimate of drug-likeness (QED) is 0.0222. The molecule has 0 amide bonds. The lowest BCUT2D eigenvalue weighted by atomic mass is 10.00. The molecular formula is C76H148O17P2. The summed E-state index contributed by atoms with van der Waals surface area (Å²) in [7, 11) is -9.91. The molecule has 0 aliphatic carbocycles. The van der Waals surface area contributed by atoms with Gasteiger partial charge in [-0.05, 0) is 37.5 Å². The van der Waals surface area contributed by atoms with Crippen LogP contribution in [0.1, 0.15) is 395 Å². The number of unbranched alkanes of at least 4 members (excludes halogenated alkanes) is 44. The number of hydrogen-bond donors (Lipinski definition) is 3. The third-order valence-corrected chi connectivity index (χ3v) is 20.0. The summed E-state index contributed by atoms with van der Waals surface area (Å²) in [6.07, 6.45) is 55.5. The van der Waals surface area contributed by atoms with Crippen molar-refractivity contribution >= 4 is 39.5 Å². The highest BCUT2D eigenvalue weighted by atomic mass is 31.2. The average molecular weight is 1400 g/mol. The second-order valence-corrected chi connectivity index (χ2v) is 31.0. The molecule has 17 nitrogen and oxygen atoms in total. The molecule has 564 valence electrons. The van der Waals surface area contributed by atoms with Crippen molar-refractivity contribution in [3.63, 3.8) is 0 Å². The Kier molecular flexibility index (Phi) is 66.5. The molecule has 0 spiro atoms. The molecule has 3 N–H and O–H groups in total. The van der Waals surface area contributed by atoms with Crippen LogP contribution in [0.4, 0.5) is 0 Å². The molecule has 0 aromatic heterocycles. The number of esters is 4. The van der Waals surface area contributed by atoms with Gasteiger partial charge in [0.05, 0.1) is 26.4 Å². The number of ether oxygens (including phenoxy) is 4. The summed E-state index contributed by atoms with van der Waals surface area (Å²) in [4.78, 5) is 72.7. The minimum atomic E-state index is -4.96. The minimum Gasteiger partial charge on any atom is -0.462 e. The Bertz CT molecular complexity index is 1840. The van der Waals surface area contributed by atoms with Gasteiger partial charge in [0.2, 0.25) is 0 Å². The third-order valence-electron chi connectivity index (χ3n) is 18.1. The van der Waals surface area contributed by atoms with Gasteiger partial charge in [-0.3, -0.25) is 37.3 Å². The van der Waals surface area contributed by atoms with Gasteiger partial charge in [0, 0.05) is 25.7 Å². The first-order valence-electron chi connectivity index (χ1n) is 39.5. The molecule has 0 aliphatic heterocycles. The Morgan fingerprint density at radius 2 is 0.537 bits per heavy atom. The van der Waals surface area contributed by atoms with Gasteiger partial charge < -0.3 is 33.8 Å². The van der Waals surface area contributed by atoms with Gasteiger partial charge in [0.25, 0.3) is 0 Å². The smallest absolute Gasteiger partial charge is 0.462 e. The van der Waals surface area contributed by atoms with Gasteiger partial charge in [-0.25, -0.2) is 9.13 Å². The summed E-state index contributed by atoms with van der Waals surface area (Å²) in [6, 6.07) is 0. The lowest BCUT2D eigenvalue weighted by Crippen LogP contribution is -2.30. The second-order valence-electron chi connectivity index (χ2n) is 28.1. The monoisotopic (exact) mass is 1400 g/mol. The van der Waals surface area contributed by atoms with E-state index in [1.807, 2.05) is 0 Å². The van der Waals surface area contributed by atoms with Crippen LogP contribution in [0.25, 0.3) is 0 Å². The molecule has 0 aromatic rings. The highest BCUT2D eigenvalue weighted by molar-refractivity contribution is 7.47. The normalized spacial score (nSPS) is 14.3. The van der Waals surface area contributed by atoms with Crippen LogP contribution in [0.3, 0.4) is 0 Å². The topological polar surface area (TPSA) is 237 Å². The SMILES string of the molecule is CCCCCCCCCCCCCCC(=O)OC[C@H](COP(=O)(O)OC[C@@H](O)COP(=O)(O)OC[C@@H](COC(=O)CCCCCCCCC(C)CC)OC(=O)CCCCCCCCCCCCCC)OC(=O)CCCCCCCCCCCCCCCCCCCCC(C)C. The van der Waals surface area contributed by atoms with Crippen LogP contribution >= 0.6 is 15.6 Å². The van der Waals surface area contributed by atoms with Gasteiger partial charge in [-0.1, -0.05) is 343 Å². The van der Waals surface area contributed by atoms with Crippen molar-refractivity contribution in [2.24, 2.45) is 11.8 Å². The molecule has 0 fully saturated rings. The maximum atomic E-state index is 13.1. The molecule has 0 aliphatic rings. The predicted molar refractivity (Wildman–Crippen MR) is 386 cm³/mol. The molecular weight excluding hydrogens is 1250 g/mol. The Labute approximate surface area is 581 Å². The standard InChI is InChI=1S/C76H148O17P2/c1-7-10-12-14-16-18-20-31-35-39-46-52-58-73(78)86-64-71(92-76(81)61-55-49-41-37-33-29-27-25-23-22-24-26-28-30-34-38-44-50-56-68(4)5)66-90-94(82,83)88-62-70(77)63-89-95(84,85)91-67-72(65-87-74(79)59-53-47-43-42-45-51-57-69(6)9-3)93-75(80)60-54-48-40-36-32-21-19-17-15-13-11-8-2/h68-72,77H,7-67H2,1-6H3,(H,82,83)(H,84,85)/t69?,70-,71-,72-/m1/s1. The zero-order valence-corrected chi connectivity index (χ0v) is 63.8. The highest BCUT2D eigenvalue weighted by Gasteiger charge is 2.30. The molecule has 0 rings (SSSR count). The van der Waals surface area contributed by atoms with Crippen molar-refractivity contribution in [3.8, 4) is 0 Å². The molecule has 0 radical (unpaired) electrons. The summed E-state index contributed by atoms with van der Waals surface area (Å²) in [6.45, 7) is 9.59. The first-order chi connectivity index (χ1) is 45.9. The van der Waals surface area contributed by atoms with Crippen molar-refractivity contribution < 1.29 is 80.2 Å². The van der Waals surface area contributed by atoms with Crippen LogP contribution in [0.15, 0.2) is 0 Å². The van der Waals surface area contributed by atoms with E-state index in [1.165, 1.54) is 205 Å². The van der Waals surface area contributed by atoms with E-state index < -0.39 is 97.5 Å².